The van der Waals surface area contributed by atoms with Crippen LogP contribution in [0.15, 0.2) is 60.0 Å². The molecule has 1 N–H and O–H groups in total. The fourth-order valence-electron chi connectivity index (χ4n) is 2.37. The summed E-state index contributed by atoms with van der Waals surface area (Å²) >= 11 is 3.28. The number of carbonyl (C=O) groups is 1. The molecule has 0 saturated carbocycles. The van der Waals surface area contributed by atoms with Gasteiger partial charge in [-0.05, 0) is 29.5 Å². The first-order chi connectivity index (χ1) is 11.7. The van der Waals surface area contributed by atoms with Crippen LogP contribution in [0.4, 0.5) is 5.69 Å². The molecule has 0 unspecified atom stereocenters. The van der Waals surface area contributed by atoms with Gasteiger partial charge in [0.05, 0.1) is 5.01 Å². The van der Waals surface area contributed by atoms with E-state index in [2.05, 4.69) is 34.8 Å². The van der Waals surface area contributed by atoms with Crippen LogP contribution in [-0.4, -0.2) is 17.1 Å². The molecule has 0 aliphatic rings. The van der Waals surface area contributed by atoms with Crippen LogP contribution in [0.5, 0.6) is 0 Å². The lowest BCUT2D eigenvalue weighted by Gasteiger charge is -2.05. The van der Waals surface area contributed by atoms with Gasteiger partial charge in [0, 0.05) is 23.2 Å². The van der Waals surface area contributed by atoms with Gasteiger partial charge in [-0.2, -0.15) is 11.8 Å². The van der Waals surface area contributed by atoms with Crippen LogP contribution in [0.1, 0.15) is 26.6 Å². The highest BCUT2D eigenvalue weighted by atomic mass is 32.2. The van der Waals surface area contributed by atoms with Gasteiger partial charge in [-0.3, -0.25) is 4.79 Å². The Kier molecular flexibility index (Phi) is 5.67. The Labute approximate surface area is 150 Å². The zero-order valence-electron chi connectivity index (χ0n) is 13.4. The maximum absolute atomic E-state index is 12.4. The van der Waals surface area contributed by atoms with E-state index in [9.17, 15) is 4.79 Å². The Bertz CT molecular complexity index is 815. The first-order valence-corrected chi connectivity index (χ1v) is 9.89. The van der Waals surface area contributed by atoms with Gasteiger partial charge in [0.15, 0.2) is 0 Å². The maximum atomic E-state index is 12.4. The summed E-state index contributed by atoms with van der Waals surface area (Å²) in [4.78, 5) is 16.8. The highest BCUT2D eigenvalue weighted by Gasteiger charge is 2.11. The molecule has 3 aromatic rings. The quantitative estimate of drug-likeness (QED) is 0.688. The van der Waals surface area contributed by atoms with Crippen LogP contribution in [0, 0.1) is 0 Å². The van der Waals surface area contributed by atoms with Crippen molar-refractivity contribution in [3.8, 4) is 0 Å². The van der Waals surface area contributed by atoms with E-state index in [1.807, 2.05) is 41.8 Å². The molecular formula is C19H18N2OS2. The maximum Gasteiger partial charge on any atom is 0.275 e. The number of anilines is 1. The van der Waals surface area contributed by atoms with Gasteiger partial charge in [0.25, 0.3) is 5.91 Å². The standard InChI is InChI=1S/C19H18N2OS2/c1-23-12-15-8-5-9-16(10-15)20-19(22)17-13-24-18(21-17)11-14-6-3-2-4-7-14/h2-10,13H,11-12H2,1H3,(H,20,22). The molecule has 1 heterocycles. The van der Waals surface area contributed by atoms with Crippen molar-refractivity contribution >= 4 is 34.7 Å². The third-order valence-corrected chi connectivity index (χ3v) is 4.95. The summed E-state index contributed by atoms with van der Waals surface area (Å²) in [5.74, 6) is 0.772. The first-order valence-electron chi connectivity index (χ1n) is 7.62. The fraction of sp³-hybridized carbons (Fsp3) is 0.158. The van der Waals surface area contributed by atoms with Gasteiger partial charge in [0.1, 0.15) is 5.69 Å². The van der Waals surface area contributed by atoms with E-state index in [1.165, 1.54) is 22.5 Å². The minimum atomic E-state index is -0.160. The Morgan fingerprint density at radius 3 is 2.71 bits per heavy atom. The second-order valence-corrected chi connectivity index (χ2v) is 7.19. The second-order valence-electron chi connectivity index (χ2n) is 5.38. The summed E-state index contributed by atoms with van der Waals surface area (Å²) in [6.45, 7) is 0. The van der Waals surface area contributed by atoms with Crippen LogP contribution in [0.2, 0.25) is 0 Å². The monoisotopic (exact) mass is 354 g/mol. The Morgan fingerprint density at radius 1 is 1.12 bits per heavy atom. The molecule has 0 radical (unpaired) electrons. The van der Waals surface area contributed by atoms with Crippen molar-refractivity contribution < 1.29 is 4.79 Å². The van der Waals surface area contributed by atoms with E-state index in [-0.39, 0.29) is 5.91 Å². The van der Waals surface area contributed by atoms with Crippen molar-refractivity contribution in [2.45, 2.75) is 12.2 Å². The molecule has 2 aromatic carbocycles. The molecule has 1 amide bonds. The van der Waals surface area contributed by atoms with Gasteiger partial charge >= 0.3 is 0 Å². The molecule has 0 bridgehead atoms. The number of nitrogens with zero attached hydrogens (tertiary/aromatic N) is 1. The number of hydrogen-bond acceptors (Lipinski definition) is 4. The molecule has 0 saturated heterocycles. The van der Waals surface area contributed by atoms with Crippen LogP contribution in [0.3, 0.4) is 0 Å². The molecule has 1 aromatic heterocycles. The average Bonchev–Trinajstić information content (AvgIpc) is 3.05. The minimum absolute atomic E-state index is 0.160. The van der Waals surface area contributed by atoms with Crippen molar-refractivity contribution in [2.75, 3.05) is 11.6 Å². The van der Waals surface area contributed by atoms with Gasteiger partial charge in [-0.25, -0.2) is 4.98 Å². The number of benzene rings is 2. The van der Waals surface area contributed by atoms with Gasteiger partial charge in [0.2, 0.25) is 0 Å². The molecular weight excluding hydrogens is 336 g/mol. The smallest absolute Gasteiger partial charge is 0.275 e. The number of hydrogen-bond donors (Lipinski definition) is 1. The van der Waals surface area contributed by atoms with Crippen molar-refractivity contribution in [2.24, 2.45) is 0 Å². The molecule has 0 aliphatic carbocycles. The van der Waals surface area contributed by atoms with E-state index in [4.69, 9.17) is 0 Å². The number of aromatic nitrogens is 1. The second kappa shape index (κ2) is 8.13. The van der Waals surface area contributed by atoms with E-state index < -0.39 is 0 Å². The molecule has 0 fully saturated rings. The molecule has 5 heteroatoms. The topological polar surface area (TPSA) is 42.0 Å². The fourth-order valence-corrected chi connectivity index (χ4v) is 3.69. The molecule has 0 atom stereocenters. The Morgan fingerprint density at radius 2 is 1.92 bits per heavy atom. The molecule has 24 heavy (non-hydrogen) atoms. The zero-order chi connectivity index (χ0) is 16.8. The highest BCUT2D eigenvalue weighted by Crippen LogP contribution is 2.18. The lowest BCUT2D eigenvalue weighted by Crippen LogP contribution is -2.12. The Balaban J connectivity index is 1.66. The summed E-state index contributed by atoms with van der Waals surface area (Å²) < 4.78 is 0. The highest BCUT2D eigenvalue weighted by molar-refractivity contribution is 7.97. The SMILES string of the molecule is CSCc1cccc(NC(=O)c2csc(Cc3ccccc3)n2)c1. The minimum Gasteiger partial charge on any atom is -0.321 e. The summed E-state index contributed by atoms with van der Waals surface area (Å²) in [5, 5.41) is 5.70. The van der Waals surface area contributed by atoms with Crippen molar-refractivity contribution in [3.05, 3.63) is 81.8 Å². The lowest BCUT2D eigenvalue weighted by molar-refractivity contribution is 0.102. The van der Waals surface area contributed by atoms with Crippen molar-refractivity contribution in [3.63, 3.8) is 0 Å². The Hall–Kier alpha value is -2.11. The predicted molar refractivity (Wildman–Crippen MR) is 103 cm³/mol. The number of rotatable bonds is 6. The van der Waals surface area contributed by atoms with E-state index in [0.717, 1.165) is 22.9 Å². The molecule has 3 rings (SSSR count). The largest absolute Gasteiger partial charge is 0.321 e. The summed E-state index contributed by atoms with van der Waals surface area (Å²) in [6, 6.07) is 18.1. The normalized spacial score (nSPS) is 10.5. The zero-order valence-corrected chi connectivity index (χ0v) is 15.0. The van der Waals surface area contributed by atoms with Gasteiger partial charge in [-0.15, -0.1) is 11.3 Å². The molecule has 3 nitrogen and oxygen atoms in total. The van der Waals surface area contributed by atoms with Crippen LogP contribution in [0.25, 0.3) is 0 Å². The molecule has 0 spiro atoms. The molecule has 0 aliphatic heterocycles. The number of thioether (sulfide) groups is 1. The van der Waals surface area contributed by atoms with Crippen LogP contribution in [-0.2, 0) is 12.2 Å². The first kappa shape index (κ1) is 16.7. The lowest BCUT2D eigenvalue weighted by atomic mass is 10.2. The van der Waals surface area contributed by atoms with Crippen LogP contribution < -0.4 is 5.32 Å². The number of carbonyl (C=O) groups excluding carboxylic acids is 1. The van der Waals surface area contributed by atoms with Crippen LogP contribution >= 0.6 is 23.1 Å². The number of thiazole rings is 1. The molecule has 122 valence electrons. The number of amides is 1. The summed E-state index contributed by atoms with van der Waals surface area (Å²) in [7, 11) is 0. The third kappa shape index (κ3) is 4.46. The predicted octanol–water partition coefficient (Wildman–Crippen LogP) is 4.85. The average molecular weight is 354 g/mol. The van der Waals surface area contributed by atoms with Gasteiger partial charge in [-0.1, -0.05) is 42.5 Å². The van der Waals surface area contributed by atoms with E-state index >= 15 is 0 Å². The third-order valence-electron chi connectivity index (χ3n) is 3.48. The summed E-state index contributed by atoms with van der Waals surface area (Å²) in [6.07, 6.45) is 2.82. The van der Waals surface area contributed by atoms with Crippen molar-refractivity contribution in [1.29, 1.82) is 0 Å². The van der Waals surface area contributed by atoms with Crippen molar-refractivity contribution in [1.82, 2.24) is 4.98 Å². The summed E-state index contributed by atoms with van der Waals surface area (Å²) in [5.41, 5.74) is 3.68. The van der Waals surface area contributed by atoms with E-state index in [0.29, 0.717) is 5.69 Å². The van der Waals surface area contributed by atoms with Gasteiger partial charge < -0.3 is 5.32 Å². The van der Waals surface area contributed by atoms with E-state index in [1.54, 1.807) is 11.8 Å². The number of nitrogens with one attached hydrogen (secondary N) is 1.